The molecule has 33 heavy (non-hydrogen) atoms. The summed E-state index contributed by atoms with van der Waals surface area (Å²) < 4.78 is 12.8. The molecule has 180 valence electrons. The van der Waals surface area contributed by atoms with Gasteiger partial charge in [0.05, 0.1) is 0 Å². The maximum atomic E-state index is 12.8. The van der Waals surface area contributed by atoms with Gasteiger partial charge in [-0.15, -0.1) is 0 Å². The minimum Gasteiger partial charge on any atom is -0.351 e. The highest BCUT2D eigenvalue weighted by molar-refractivity contribution is 5.99. The fourth-order valence-electron chi connectivity index (χ4n) is 4.04. The van der Waals surface area contributed by atoms with Gasteiger partial charge in [0.15, 0.2) is 0 Å². The van der Waals surface area contributed by atoms with Crippen LogP contribution in [0.3, 0.4) is 0 Å². The number of nitrogens with one attached hydrogen (secondary N) is 2. The third-order valence-corrected chi connectivity index (χ3v) is 5.75. The molecule has 1 aliphatic rings. The van der Waals surface area contributed by atoms with Crippen molar-refractivity contribution in [2.24, 2.45) is 22.5 Å². The smallest absolute Gasteiger partial charge is 0.316 e. The molecule has 1 fully saturated rings. The van der Waals surface area contributed by atoms with E-state index in [4.69, 9.17) is 11.6 Å². The van der Waals surface area contributed by atoms with Crippen molar-refractivity contribution in [2.45, 2.75) is 38.5 Å². The summed E-state index contributed by atoms with van der Waals surface area (Å²) in [4.78, 5) is 17.0. The van der Waals surface area contributed by atoms with Gasteiger partial charge in [-0.3, -0.25) is 4.99 Å². The standard InChI is InChI=1S/C16H24FN.C9H13N5O/c1-18(13-15-5-3-2-4-6-15)12-11-14-7-9-16(17)10-8-14;1-12-8(14-11)6-3-2-4-7(5-6)13-9(10)15/h7-10,15H,2-6,11-13H2,1H3;2-5H,11H2,1H3,(H,12,14)(H3,10,13,15). The quantitative estimate of drug-likeness (QED) is 0.219. The Hall–Kier alpha value is -2.97. The highest BCUT2D eigenvalue weighted by atomic mass is 19.1. The predicted molar refractivity (Wildman–Crippen MR) is 134 cm³/mol. The zero-order valence-electron chi connectivity index (χ0n) is 19.7. The summed E-state index contributed by atoms with van der Waals surface area (Å²) in [5.74, 6) is 6.56. The topological polar surface area (TPSA) is 109 Å². The number of primary amides is 1. The number of carbonyl (C=O) groups excluding carboxylic acids is 1. The lowest BCUT2D eigenvalue weighted by Gasteiger charge is -2.27. The molecular weight excluding hydrogens is 419 g/mol. The van der Waals surface area contributed by atoms with Crippen LogP contribution in [0.4, 0.5) is 14.9 Å². The lowest BCUT2D eigenvalue weighted by Crippen LogP contribution is -2.31. The lowest BCUT2D eigenvalue weighted by molar-refractivity contribution is 0.235. The highest BCUT2D eigenvalue weighted by Gasteiger charge is 2.15. The number of likely N-dealkylation sites (N-methyl/N-ethyl adjacent to an activating group) is 1. The summed E-state index contributed by atoms with van der Waals surface area (Å²) in [5, 5.41) is 2.46. The van der Waals surface area contributed by atoms with E-state index >= 15 is 0 Å². The van der Waals surface area contributed by atoms with Gasteiger partial charge in [-0.1, -0.05) is 43.5 Å². The molecule has 3 rings (SSSR count). The number of amidine groups is 1. The maximum Gasteiger partial charge on any atom is 0.316 e. The van der Waals surface area contributed by atoms with Crippen LogP contribution in [0.25, 0.3) is 0 Å². The molecule has 6 N–H and O–H groups in total. The van der Waals surface area contributed by atoms with Gasteiger partial charge in [0.25, 0.3) is 0 Å². The Balaban J connectivity index is 0.000000238. The van der Waals surface area contributed by atoms with Crippen LogP contribution in [0.15, 0.2) is 53.5 Å². The average molecular weight is 457 g/mol. The first kappa shape index (κ1) is 26.3. The highest BCUT2D eigenvalue weighted by Crippen LogP contribution is 2.24. The number of nitrogens with two attached hydrogens (primary N) is 2. The van der Waals surface area contributed by atoms with E-state index in [1.165, 1.54) is 44.2 Å². The summed E-state index contributed by atoms with van der Waals surface area (Å²) in [6.07, 6.45) is 8.08. The van der Waals surface area contributed by atoms with Gasteiger partial charge in [0, 0.05) is 31.4 Å². The molecule has 7 nitrogen and oxygen atoms in total. The Labute approximate surface area is 196 Å². The molecule has 2 aromatic carbocycles. The van der Waals surface area contributed by atoms with Crippen molar-refractivity contribution in [2.75, 3.05) is 32.5 Å². The van der Waals surface area contributed by atoms with Crippen LogP contribution < -0.4 is 22.3 Å². The number of carbonyl (C=O) groups is 1. The average Bonchev–Trinajstić information content (AvgIpc) is 2.80. The Bertz CT molecular complexity index is 881. The molecule has 2 amide bonds. The second-order valence-electron chi connectivity index (χ2n) is 8.43. The Morgan fingerprint density at radius 2 is 1.85 bits per heavy atom. The predicted octanol–water partition coefficient (Wildman–Crippen LogP) is 3.90. The van der Waals surface area contributed by atoms with Crippen LogP contribution in [0.2, 0.25) is 0 Å². The summed E-state index contributed by atoms with van der Waals surface area (Å²) in [6.45, 7) is 2.29. The number of amides is 2. The van der Waals surface area contributed by atoms with Gasteiger partial charge in [-0.05, 0) is 62.1 Å². The van der Waals surface area contributed by atoms with Crippen LogP contribution in [0.5, 0.6) is 0 Å². The Kier molecular flexibility index (Phi) is 11.3. The van der Waals surface area contributed by atoms with E-state index in [9.17, 15) is 9.18 Å². The summed E-state index contributed by atoms with van der Waals surface area (Å²) in [6, 6.07) is 13.3. The number of benzene rings is 2. The zero-order valence-corrected chi connectivity index (χ0v) is 19.7. The van der Waals surface area contributed by atoms with E-state index in [0.717, 1.165) is 24.4 Å². The second-order valence-corrected chi connectivity index (χ2v) is 8.43. The summed E-state index contributed by atoms with van der Waals surface area (Å²) >= 11 is 0. The molecule has 0 heterocycles. The first-order chi connectivity index (χ1) is 15.9. The number of halogens is 1. The molecule has 0 radical (unpaired) electrons. The van der Waals surface area contributed by atoms with Crippen molar-refractivity contribution in [1.82, 2.24) is 10.3 Å². The van der Waals surface area contributed by atoms with Crippen LogP contribution in [0, 0.1) is 11.7 Å². The molecule has 1 aliphatic carbocycles. The van der Waals surface area contributed by atoms with Crippen LogP contribution in [-0.4, -0.2) is 44.0 Å². The van der Waals surface area contributed by atoms with Gasteiger partial charge in [0.1, 0.15) is 11.7 Å². The van der Waals surface area contributed by atoms with Crippen LogP contribution in [-0.2, 0) is 6.42 Å². The molecule has 0 saturated heterocycles. The fourth-order valence-corrected chi connectivity index (χ4v) is 4.04. The van der Waals surface area contributed by atoms with E-state index in [-0.39, 0.29) is 5.82 Å². The van der Waals surface area contributed by atoms with Gasteiger partial charge in [0.2, 0.25) is 0 Å². The molecule has 0 bridgehead atoms. The third-order valence-electron chi connectivity index (χ3n) is 5.75. The molecule has 0 aromatic heterocycles. The van der Waals surface area contributed by atoms with Crippen molar-refractivity contribution in [3.05, 3.63) is 65.5 Å². The molecule has 8 heteroatoms. The maximum absolute atomic E-state index is 12.8. The van der Waals surface area contributed by atoms with E-state index < -0.39 is 6.03 Å². The van der Waals surface area contributed by atoms with E-state index in [2.05, 4.69) is 27.7 Å². The molecule has 0 spiro atoms. The SMILES string of the molecule is CN(CCc1ccc(F)cc1)CC1CCCCC1.CN=C(NN)c1cccc(NC(N)=O)c1. The molecule has 0 unspecified atom stereocenters. The third kappa shape index (κ3) is 10.0. The van der Waals surface area contributed by atoms with Crippen molar-refractivity contribution >= 4 is 17.6 Å². The van der Waals surface area contributed by atoms with E-state index in [1.54, 1.807) is 37.4 Å². The minimum absolute atomic E-state index is 0.144. The van der Waals surface area contributed by atoms with Crippen molar-refractivity contribution < 1.29 is 9.18 Å². The first-order valence-electron chi connectivity index (χ1n) is 11.4. The molecule has 2 aromatic rings. The summed E-state index contributed by atoms with van der Waals surface area (Å²) in [5.41, 5.74) is 10.0. The van der Waals surface area contributed by atoms with Crippen molar-refractivity contribution in [1.29, 1.82) is 0 Å². The first-order valence-corrected chi connectivity index (χ1v) is 11.4. The normalized spacial score (nSPS) is 14.4. The number of urea groups is 1. The van der Waals surface area contributed by atoms with E-state index in [0.29, 0.717) is 11.5 Å². The number of rotatable bonds is 7. The number of hydrogen-bond donors (Lipinski definition) is 4. The molecule has 0 atom stereocenters. The van der Waals surface area contributed by atoms with Crippen LogP contribution in [0.1, 0.15) is 43.2 Å². The molecular formula is C25H37FN6O. The Morgan fingerprint density at radius 3 is 2.45 bits per heavy atom. The zero-order chi connectivity index (χ0) is 24.1. The fraction of sp³-hybridized carbons (Fsp3) is 0.440. The van der Waals surface area contributed by atoms with Gasteiger partial charge < -0.3 is 21.4 Å². The van der Waals surface area contributed by atoms with E-state index in [1.807, 2.05) is 18.2 Å². The van der Waals surface area contributed by atoms with Gasteiger partial charge in [-0.25, -0.2) is 15.0 Å². The van der Waals surface area contributed by atoms with Gasteiger partial charge >= 0.3 is 6.03 Å². The van der Waals surface area contributed by atoms with Gasteiger partial charge in [-0.2, -0.15) is 0 Å². The number of aliphatic imine (C=N–C) groups is 1. The second kappa shape index (κ2) is 14.2. The number of anilines is 1. The number of hydrogen-bond acceptors (Lipinski definition) is 4. The largest absolute Gasteiger partial charge is 0.351 e. The van der Waals surface area contributed by atoms with Crippen LogP contribution >= 0.6 is 0 Å². The Morgan fingerprint density at radius 1 is 1.15 bits per heavy atom. The monoisotopic (exact) mass is 456 g/mol. The summed E-state index contributed by atoms with van der Waals surface area (Å²) in [7, 11) is 3.82. The molecule has 1 saturated carbocycles. The van der Waals surface area contributed by atoms with Crippen molar-refractivity contribution in [3.63, 3.8) is 0 Å². The number of hydrazine groups is 1. The van der Waals surface area contributed by atoms with Crippen molar-refractivity contribution in [3.8, 4) is 0 Å². The lowest BCUT2D eigenvalue weighted by atomic mass is 9.89. The number of nitrogens with zero attached hydrogens (tertiary/aromatic N) is 2. The molecule has 0 aliphatic heterocycles. The minimum atomic E-state index is -0.608.